The van der Waals surface area contributed by atoms with Crippen LogP contribution in [0.1, 0.15) is 12.1 Å². The van der Waals surface area contributed by atoms with Crippen molar-refractivity contribution >= 4 is 22.5 Å². The highest BCUT2D eigenvalue weighted by Crippen LogP contribution is 2.32. The van der Waals surface area contributed by atoms with E-state index in [0.717, 1.165) is 10.9 Å². The van der Waals surface area contributed by atoms with Gasteiger partial charge in [0.15, 0.2) is 0 Å². The molecule has 27 heavy (non-hydrogen) atoms. The van der Waals surface area contributed by atoms with Crippen LogP contribution in [0.15, 0.2) is 54.9 Å². The molecule has 5 nitrogen and oxygen atoms in total. The molecule has 0 aliphatic rings. The van der Waals surface area contributed by atoms with Crippen molar-refractivity contribution in [2.45, 2.75) is 6.43 Å². The number of nitrogens with zero attached hydrogens (tertiary/aromatic N) is 4. The van der Waals surface area contributed by atoms with Crippen molar-refractivity contribution in [2.75, 3.05) is 5.32 Å². The molecule has 3 aromatic heterocycles. The number of pyridine rings is 2. The molecule has 0 spiro atoms. The third-order valence-electron chi connectivity index (χ3n) is 4.17. The number of benzene rings is 1. The number of aryl methyl sites for hydroxylation is 1. The normalized spacial score (nSPS) is 11.3. The molecule has 0 aliphatic carbocycles. The largest absolute Gasteiger partial charge is 0.325 e. The maximum Gasteiger partial charge on any atom is 0.280 e. The number of anilines is 2. The molecule has 4 rings (SSSR count). The molecule has 1 aromatic carbocycles. The van der Waals surface area contributed by atoms with Gasteiger partial charge in [-0.25, -0.2) is 23.1 Å². The molecule has 136 valence electrons. The predicted octanol–water partition coefficient (Wildman–Crippen LogP) is 4.85. The molecule has 3 heterocycles. The summed E-state index contributed by atoms with van der Waals surface area (Å²) in [4.78, 5) is 8.14. The van der Waals surface area contributed by atoms with Crippen LogP contribution in [0.3, 0.4) is 0 Å². The third kappa shape index (κ3) is 3.21. The van der Waals surface area contributed by atoms with Gasteiger partial charge in [-0.3, -0.25) is 4.68 Å². The Morgan fingerprint density at radius 1 is 1.04 bits per heavy atom. The van der Waals surface area contributed by atoms with Crippen LogP contribution in [-0.4, -0.2) is 19.7 Å². The summed E-state index contributed by atoms with van der Waals surface area (Å²) < 4.78 is 42.2. The fourth-order valence-corrected chi connectivity index (χ4v) is 2.94. The standard InChI is InChI=1S/C19H14F3N5/c1-27-18(19(21)22)13-8-11(5-6-15(13)26-27)12-9-17(24-10-14(12)20)25-16-4-2-3-7-23-16/h2-10,19H,1H3,(H,23,24,25). The fraction of sp³-hybridized carbons (Fsp3) is 0.105. The van der Waals surface area contributed by atoms with Crippen molar-refractivity contribution in [1.82, 2.24) is 19.7 Å². The summed E-state index contributed by atoms with van der Waals surface area (Å²) in [7, 11) is 1.46. The predicted molar refractivity (Wildman–Crippen MR) is 96.4 cm³/mol. The zero-order chi connectivity index (χ0) is 19.0. The molecule has 0 unspecified atom stereocenters. The Labute approximate surface area is 152 Å². The third-order valence-corrected chi connectivity index (χ3v) is 4.17. The van der Waals surface area contributed by atoms with Gasteiger partial charge in [0.05, 0.1) is 11.7 Å². The van der Waals surface area contributed by atoms with Crippen LogP contribution < -0.4 is 5.32 Å². The van der Waals surface area contributed by atoms with E-state index in [1.807, 2.05) is 6.07 Å². The van der Waals surface area contributed by atoms with Crippen LogP contribution in [0.25, 0.3) is 22.0 Å². The van der Waals surface area contributed by atoms with Crippen molar-refractivity contribution in [2.24, 2.45) is 7.05 Å². The molecular formula is C19H14F3N5. The zero-order valence-electron chi connectivity index (χ0n) is 14.2. The molecule has 0 atom stereocenters. The molecule has 0 saturated heterocycles. The zero-order valence-corrected chi connectivity index (χ0v) is 14.2. The Bertz CT molecular complexity index is 1110. The Balaban J connectivity index is 1.78. The summed E-state index contributed by atoms with van der Waals surface area (Å²) in [6, 6.07) is 11.6. The lowest BCUT2D eigenvalue weighted by Crippen LogP contribution is -1.98. The van der Waals surface area contributed by atoms with Gasteiger partial charge in [-0.05, 0) is 35.9 Å². The highest BCUT2D eigenvalue weighted by atomic mass is 19.3. The average Bonchev–Trinajstić information content (AvgIpc) is 2.99. The molecule has 0 fully saturated rings. The maximum atomic E-state index is 14.4. The van der Waals surface area contributed by atoms with Gasteiger partial charge in [-0.1, -0.05) is 12.1 Å². The van der Waals surface area contributed by atoms with E-state index >= 15 is 0 Å². The number of aromatic nitrogens is 4. The molecule has 1 N–H and O–H groups in total. The van der Waals surface area contributed by atoms with Gasteiger partial charge in [0.1, 0.15) is 23.1 Å². The van der Waals surface area contributed by atoms with Gasteiger partial charge in [0.25, 0.3) is 6.43 Å². The summed E-state index contributed by atoms with van der Waals surface area (Å²) in [5, 5.41) is 7.35. The first kappa shape index (κ1) is 17.0. The molecule has 0 radical (unpaired) electrons. The second kappa shape index (κ2) is 6.71. The van der Waals surface area contributed by atoms with E-state index in [4.69, 9.17) is 0 Å². The van der Waals surface area contributed by atoms with E-state index in [-0.39, 0.29) is 11.3 Å². The van der Waals surface area contributed by atoms with Crippen molar-refractivity contribution < 1.29 is 13.2 Å². The van der Waals surface area contributed by atoms with E-state index in [2.05, 4.69) is 20.4 Å². The van der Waals surface area contributed by atoms with E-state index in [1.54, 1.807) is 30.5 Å². The number of halogens is 3. The van der Waals surface area contributed by atoms with Crippen LogP contribution in [0, 0.1) is 5.82 Å². The molecule has 4 aromatic rings. The maximum absolute atomic E-state index is 14.4. The molecule has 0 saturated carbocycles. The summed E-state index contributed by atoms with van der Waals surface area (Å²) >= 11 is 0. The van der Waals surface area contributed by atoms with E-state index in [0.29, 0.717) is 28.1 Å². The highest BCUT2D eigenvalue weighted by molar-refractivity contribution is 5.87. The molecular weight excluding hydrogens is 355 g/mol. The second-order valence-electron chi connectivity index (χ2n) is 5.93. The van der Waals surface area contributed by atoms with E-state index < -0.39 is 12.2 Å². The van der Waals surface area contributed by atoms with Crippen molar-refractivity contribution in [3.05, 3.63) is 66.4 Å². The molecule has 0 bridgehead atoms. The highest BCUT2D eigenvalue weighted by Gasteiger charge is 2.19. The van der Waals surface area contributed by atoms with Crippen molar-refractivity contribution in [1.29, 1.82) is 0 Å². The molecule has 0 aliphatic heterocycles. The summed E-state index contributed by atoms with van der Waals surface area (Å²) in [6.45, 7) is 0. The lowest BCUT2D eigenvalue weighted by molar-refractivity contribution is 0.142. The molecule has 0 amide bonds. The van der Waals surface area contributed by atoms with Gasteiger partial charge >= 0.3 is 0 Å². The summed E-state index contributed by atoms with van der Waals surface area (Å²) in [5.74, 6) is 0.402. The first-order chi connectivity index (χ1) is 13.0. The Morgan fingerprint density at radius 3 is 2.63 bits per heavy atom. The van der Waals surface area contributed by atoms with Crippen molar-refractivity contribution in [3.8, 4) is 11.1 Å². The van der Waals surface area contributed by atoms with Gasteiger partial charge in [-0.15, -0.1) is 0 Å². The average molecular weight is 369 g/mol. The fourth-order valence-electron chi connectivity index (χ4n) is 2.94. The first-order valence-corrected chi connectivity index (χ1v) is 8.11. The monoisotopic (exact) mass is 369 g/mol. The Hall–Kier alpha value is -3.42. The first-order valence-electron chi connectivity index (χ1n) is 8.11. The van der Waals surface area contributed by atoms with Crippen LogP contribution in [-0.2, 0) is 7.05 Å². The van der Waals surface area contributed by atoms with Crippen LogP contribution in [0.2, 0.25) is 0 Å². The lowest BCUT2D eigenvalue weighted by Gasteiger charge is -2.09. The number of rotatable bonds is 4. The van der Waals surface area contributed by atoms with Gasteiger partial charge < -0.3 is 5.32 Å². The smallest absolute Gasteiger partial charge is 0.280 e. The number of alkyl halides is 2. The summed E-state index contributed by atoms with van der Waals surface area (Å²) in [6.07, 6.45) is 0.0238. The van der Waals surface area contributed by atoms with E-state index in [9.17, 15) is 13.2 Å². The van der Waals surface area contributed by atoms with Crippen LogP contribution in [0.4, 0.5) is 24.8 Å². The minimum absolute atomic E-state index is 0.201. The van der Waals surface area contributed by atoms with Gasteiger partial charge in [0, 0.05) is 24.2 Å². The quantitative estimate of drug-likeness (QED) is 0.559. The van der Waals surface area contributed by atoms with Crippen LogP contribution >= 0.6 is 0 Å². The number of nitrogens with one attached hydrogen (secondary N) is 1. The molecule has 8 heteroatoms. The SMILES string of the molecule is Cn1nc2ccc(-c3cc(Nc4ccccn4)ncc3F)cc2c1C(F)F. The van der Waals surface area contributed by atoms with Gasteiger partial charge in [-0.2, -0.15) is 5.10 Å². The van der Waals surface area contributed by atoms with Crippen molar-refractivity contribution in [3.63, 3.8) is 0 Å². The number of hydrogen-bond acceptors (Lipinski definition) is 4. The summed E-state index contributed by atoms with van der Waals surface area (Å²) in [5.41, 5.74) is 0.932. The van der Waals surface area contributed by atoms with E-state index in [1.165, 1.54) is 19.2 Å². The number of hydrogen-bond donors (Lipinski definition) is 1. The van der Waals surface area contributed by atoms with Crippen LogP contribution in [0.5, 0.6) is 0 Å². The minimum Gasteiger partial charge on any atom is -0.325 e. The second-order valence-corrected chi connectivity index (χ2v) is 5.93. The van der Waals surface area contributed by atoms with Gasteiger partial charge in [0.2, 0.25) is 0 Å². The number of fused-ring (bicyclic) bond motifs is 1. The Morgan fingerprint density at radius 2 is 1.89 bits per heavy atom. The topological polar surface area (TPSA) is 55.6 Å². The Kier molecular flexibility index (Phi) is 4.23. The minimum atomic E-state index is -2.68. The lowest BCUT2D eigenvalue weighted by atomic mass is 10.0.